The Hall–Kier alpha value is -3.47. The molecule has 0 atom stereocenters. The average molecular weight is 400 g/mol. The molecule has 0 radical (unpaired) electrons. The van der Waals surface area contributed by atoms with Crippen molar-refractivity contribution < 1.29 is 14.1 Å². The van der Waals surface area contributed by atoms with E-state index < -0.39 is 4.92 Å². The Bertz CT molecular complexity index is 1040. The Labute approximate surface area is 163 Å². The standard InChI is InChI=1S/C17H16N6O4S/c1-11-13(4-3-5-14(11)23(25)26)15-7-6-12(27-15)8-18-20-16(24)9-28-17-21-19-10-22(17)2/h3-8,10H,9H2,1-2H3,(H,20,24). The Balaban J connectivity index is 1.60. The SMILES string of the molecule is Cc1c(-c2ccc(C=NNC(=O)CSc3nncn3C)o2)cccc1[N+](=O)[O-]. The van der Waals surface area contributed by atoms with Gasteiger partial charge < -0.3 is 8.98 Å². The average Bonchev–Trinajstić information content (AvgIpc) is 3.29. The smallest absolute Gasteiger partial charge is 0.273 e. The van der Waals surface area contributed by atoms with Gasteiger partial charge in [-0.3, -0.25) is 14.9 Å². The summed E-state index contributed by atoms with van der Waals surface area (Å²) < 4.78 is 7.36. The number of aryl methyl sites for hydroxylation is 1. The Kier molecular flexibility index (Phi) is 5.84. The lowest BCUT2D eigenvalue weighted by Gasteiger charge is -2.03. The van der Waals surface area contributed by atoms with Gasteiger partial charge in [0.25, 0.3) is 11.6 Å². The van der Waals surface area contributed by atoms with Gasteiger partial charge in [0.1, 0.15) is 17.8 Å². The second-order valence-electron chi connectivity index (χ2n) is 5.72. The topological polar surface area (TPSA) is 128 Å². The number of benzene rings is 1. The monoisotopic (exact) mass is 400 g/mol. The van der Waals surface area contributed by atoms with Gasteiger partial charge in [-0.15, -0.1) is 10.2 Å². The van der Waals surface area contributed by atoms with E-state index in [4.69, 9.17) is 4.42 Å². The number of amides is 1. The summed E-state index contributed by atoms with van der Waals surface area (Å²) in [5, 5.41) is 23.2. The van der Waals surface area contributed by atoms with Crippen molar-refractivity contribution in [3.63, 3.8) is 0 Å². The van der Waals surface area contributed by atoms with Crippen LogP contribution in [0.15, 0.2) is 51.3 Å². The first-order valence-electron chi connectivity index (χ1n) is 8.08. The highest BCUT2D eigenvalue weighted by Gasteiger charge is 2.16. The van der Waals surface area contributed by atoms with Gasteiger partial charge in [-0.05, 0) is 19.1 Å². The molecule has 0 saturated carbocycles. The predicted molar refractivity (Wildman–Crippen MR) is 103 cm³/mol. The number of nitro groups is 1. The largest absolute Gasteiger partial charge is 0.455 e. The summed E-state index contributed by atoms with van der Waals surface area (Å²) in [7, 11) is 1.79. The number of nitro benzene ring substituents is 1. The van der Waals surface area contributed by atoms with Gasteiger partial charge in [-0.2, -0.15) is 5.10 Å². The Morgan fingerprint density at radius 2 is 2.25 bits per heavy atom. The van der Waals surface area contributed by atoms with E-state index in [0.29, 0.717) is 27.8 Å². The summed E-state index contributed by atoms with van der Waals surface area (Å²) in [6.07, 6.45) is 2.91. The minimum Gasteiger partial charge on any atom is -0.455 e. The molecule has 0 unspecified atom stereocenters. The number of furan rings is 1. The van der Waals surface area contributed by atoms with Crippen molar-refractivity contribution in [1.82, 2.24) is 20.2 Å². The zero-order valence-electron chi connectivity index (χ0n) is 15.0. The normalized spacial score (nSPS) is 11.1. The molecule has 0 spiro atoms. The Morgan fingerprint density at radius 1 is 1.43 bits per heavy atom. The van der Waals surface area contributed by atoms with Gasteiger partial charge >= 0.3 is 0 Å². The van der Waals surface area contributed by atoms with E-state index >= 15 is 0 Å². The molecule has 2 heterocycles. The van der Waals surface area contributed by atoms with Crippen LogP contribution < -0.4 is 5.43 Å². The summed E-state index contributed by atoms with van der Waals surface area (Å²) >= 11 is 1.24. The molecule has 1 aromatic carbocycles. The van der Waals surface area contributed by atoms with Crippen LogP contribution in [-0.2, 0) is 11.8 Å². The number of hydrogen-bond acceptors (Lipinski definition) is 8. The third-order valence-electron chi connectivity index (χ3n) is 3.78. The molecule has 1 amide bonds. The van der Waals surface area contributed by atoms with Crippen LogP contribution in [0, 0.1) is 17.0 Å². The maximum Gasteiger partial charge on any atom is 0.273 e. The van der Waals surface area contributed by atoms with Crippen LogP contribution >= 0.6 is 11.8 Å². The summed E-state index contributed by atoms with van der Waals surface area (Å²) in [6, 6.07) is 8.15. The number of carbonyl (C=O) groups is 1. The van der Waals surface area contributed by atoms with Crippen LogP contribution in [0.5, 0.6) is 0 Å². The van der Waals surface area contributed by atoms with Crippen molar-refractivity contribution in [3.05, 3.63) is 58.1 Å². The Morgan fingerprint density at radius 3 is 2.96 bits per heavy atom. The van der Waals surface area contributed by atoms with Crippen molar-refractivity contribution >= 4 is 29.6 Å². The van der Waals surface area contributed by atoms with E-state index in [1.165, 1.54) is 24.0 Å². The van der Waals surface area contributed by atoms with E-state index in [9.17, 15) is 14.9 Å². The summed E-state index contributed by atoms with van der Waals surface area (Å²) in [4.78, 5) is 22.4. The fourth-order valence-corrected chi connectivity index (χ4v) is 3.07. The van der Waals surface area contributed by atoms with Crippen molar-refractivity contribution in [2.24, 2.45) is 12.1 Å². The number of hydrogen-bond donors (Lipinski definition) is 1. The van der Waals surface area contributed by atoms with Crippen molar-refractivity contribution in [2.75, 3.05) is 5.75 Å². The lowest BCUT2D eigenvalue weighted by Crippen LogP contribution is -2.19. The maximum absolute atomic E-state index is 11.8. The molecule has 0 bridgehead atoms. The lowest BCUT2D eigenvalue weighted by atomic mass is 10.1. The van der Waals surface area contributed by atoms with Crippen molar-refractivity contribution in [3.8, 4) is 11.3 Å². The fourth-order valence-electron chi connectivity index (χ4n) is 2.39. The number of aromatic nitrogens is 3. The quantitative estimate of drug-likeness (QED) is 0.279. The highest BCUT2D eigenvalue weighted by Crippen LogP contribution is 2.30. The van der Waals surface area contributed by atoms with Gasteiger partial charge in [-0.1, -0.05) is 23.9 Å². The summed E-state index contributed by atoms with van der Waals surface area (Å²) in [5.41, 5.74) is 3.56. The van der Waals surface area contributed by atoms with Crippen LogP contribution in [0.25, 0.3) is 11.3 Å². The zero-order chi connectivity index (χ0) is 20.1. The summed E-state index contributed by atoms with van der Waals surface area (Å²) in [5.74, 6) is 0.722. The molecular weight excluding hydrogens is 384 g/mol. The predicted octanol–water partition coefficient (Wildman–Crippen LogP) is 2.53. The van der Waals surface area contributed by atoms with E-state index in [-0.39, 0.29) is 17.3 Å². The van der Waals surface area contributed by atoms with Gasteiger partial charge in [0.2, 0.25) is 0 Å². The molecule has 11 heteroatoms. The number of nitrogens with zero attached hydrogens (tertiary/aromatic N) is 5. The third kappa shape index (κ3) is 4.43. The first-order chi connectivity index (χ1) is 13.5. The molecule has 0 aliphatic carbocycles. The fraction of sp³-hybridized carbons (Fsp3) is 0.176. The van der Waals surface area contributed by atoms with E-state index in [2.05, 4.69) is 20.7 Å². The van der Waals surface area contributed by atoms with E-state index in [1.807, 2.05) is 0 Å². The second-order valence-corrected chi connectivity index (χ2v) is 6.66. The maximum atomic E-state index is 11.8. The number of rotatable bonds is 7. The first kappa shape index (κ1) is 19.3. The number of nitrogens with one attached hydrogen (secondary N) is 1. The van der Waals surface area contributed by atoms with Gasteiger partial charge in [0, 0.05) is 24.2 Å². The molecular formula is C17H16N6O4S. The molecule has 10 nitrogen and oxygen atoms in total. The minimum atomic E-state index is -0.432. The third-order valence-corrected chi connectivity index (χ3v) is 4.81. The first-order valence-corrected chi connectivity index (χ1v) is 9.07. The molecule has 2 aromatic heterocycles. The van der Waals surface area contributed by atoms with E-state index in [0.717, 1.165) is 0 Å². The highest BCUT2D eigenvalue weighted by atomic mass is 32.2. The summed E-state index contributed by atoms with van der Waals surface area (Å²) in [6.45, 7) is 1.67. The lowest BCUT2D eigenvalue weighted by molar-refractivity contribution is -0.385. The molecule has 0 saturated heterocycles. The van der Waals surface area contributed by atoms with Gasteiger partial charge in [0.15, 0.2) is 5.16 Å². The molecule has 0 aliphatic rings. The van der Waals surface area contributed by atoms with E-state index in [1.54, 1.807) is 49.1 Å². The number of hydrazone groups is 1. The van der Waals surface area contributed by atoms with Crippen LogP contribution in [0.3, 0.4) is 0 Å². The molecule has 1 N–H and O–H groups in total. The minimum absolute atomic E-state index is 0.0248. The van der Waals surface area contributed by atoms with Crippen LogP contribution in [-0.4, -0.2) is 37.6 Å². The molecule has 3 rings (SSSR count). The van der Waals surface area contributed by atoms with Crippen molar-refractivity contribution in [2.45, 2.75) is 12.1 Å². The number of carbonyl (C=O) groups excluding carboxylic acids is 1. The van der Waals surface area contributed by atoms with Crippen LogP contribution in [0.2, 0.25) is 0 Å². The zero-order valence-corrected chi connectivity index (χ0v) is 15.8. The van der Waals surface area contributed by atoms with Crippen LogP contribution in [0.1, 0.15) is 11.3 Å². The van der Waals surface area contributed by atoms with Crippen LogP contribution in [0.4, 0.5) is 5.69 Å². The van der Waals surface area contributed by atoms with Crippen molar-refractivity contribution in [1.29, 1.82) is 0 Å². The molecule has 0 aliphatic heterocycles. The number of thioether (sulfide) groups is 1. The van der Waals surface area contributed by atoms with Gasteiger partial charge in [0.05, 0.1) is 16.9 Å². The molecule has 3 aromatic rings. The second kappa shape index (κ2) is 8.48. The molecule has 28 heavy (non-hydrogen) atoms. The molecule has 0 fully saturated rings. The molecule has 144 valence electrons. The van der Waals surface area contributed by atoms with Gasteiger partial charge in [-0.25, -0.2) is 5.43 Å². The highest BCUT2D eigenvalue weighted by molar-refractivity contribution is 7.99.